The average Bonchev–Trinajstić information content (AvgIpc) is 3.68. The fourth-order valence-electron chi connectivity index (χ4n) is 12.8. The first-order valence-corrected chi connectivity index (χ1v) is 40.9. The van der Waals surface area contributed by atoms with Crippen LogP contribution in [0, 0.1) is 0 Å². The molecule has 0 saturated heterocycles. The molecular formula is C84H159NO5. The van der Waals surface area contributed by atoms with Crippen LogP contribution in [0.15, 0.2) is 48.6 Å². The minimum Gasteiger partial charge on any atom is -0.466 e. The predicted molar refractivity (Wildman–Crippen MR) is 398 cm³/mol. The molecule has 6 nitrogen and oxygen atoms in total. The van der Waals surface area contributed by atoms with Gasteiger partial charge in [-0.2, -0.15) is 0 Å². The lowest BCUT2D eigenvalue weighted by Gasteiger charge is -2.20. The maximum Gasteiger partial charge on any atom is 0.305 e. The van der Waals surface area contributed by atoms with Crippen LogP contribution in [0.2, 0.25) is 0 Å². The van der Waals surface area contributed by atoms with Gasteiger partial charge in [0.2, 0.25) is 5.91 Å². The molecule has 0 radical (unpaired) electrons. The number of hydrogen-bond acceptors (Lipinski definition) is 5. The summed E-state index contributed by atoms with van der Waals surface area (Å²) >= 11 is 0. The van der Waals surface area contributed by atoms with Crippen molar-refractivity contribution in [2.45, 2.75) is 463 Å². The van der Waals surface area contributed by atoms with Gasteiger partial charge in [-0.1, -0.05) is 396 Å². The lowest BCUT2D eigenvalue weighted by molar-refractivity contribution is -0.143. The molecule has 0 aliphatic carbocycles. The van der Waals surface area contributed by atoms with E-state index in [0.717, 1.165) is 51.4 Å². The van der Waals surface area contributed by atoms with Gasteiger partial charge in [-0.25, -0.2) is 0 Å². The quantitative estimate of drug-likeness (QED) is 0.0320. The van der Waals surface area contributed by atoms with E-state index in [-0.39, 0.29) is 18.5 Å². The summed E-state index contributed by atoms with van der Waals surface area (Å²) in [7, 11) is 0. The Kier molecular flexibility index (Phi) is 77.3. The predicted octanol–water partition coefficient (Wildman–Crippen LogP) is 27.2. The summed E-state index contributed by atoms with van der Waals surface area (Å²) in [6, 6.07) is -0.628. The zero-order valence-electron chi connectivity index (χ0n) is 60.9. The van der Waals surface area contributed by atoms with E-state index in [9.17, 15) is 19.8 Å². The van der Waals surface area contributed by atoms with Crippen molar-refractivity contribution in [3.63, 3.8) is 0 Å². The van der Waals surface area contributed by atoms with Crippen molar-refractivity contribution in [2.24, 2.45) is 0 Å². The third-order valence-electron chi connectivity index (χ3n) is 19.1. The summed E-state index contributed by atoms with van der Waals surface area (Å²) in [5, 5.41) is 23.3. The highest BCUT2D eigenvalue weighted by Crippen LogP contribution is 2.19. The molecule has 0 spiro atoms. The second-order valence-electron chi connectivity index (χ2n) is 28.1. The van der Waals surface area contributed by atoms with Crippen molar-refractivity contribution in [3.05, 3.63) is 48.6 Å². The molecule has 0 aliphatic heterocycles. The first-order chi connectivity index (χ1) is 44.5. The number of esters is 1. The Hall–Kier alpha value is -2.18. The van der Waals surface area contributed by atoms with E-state index in [1.54, 1.807) is 6.08 Å². The van der Waals surface area contributed by atoms with E-state index < -0.39 is 12.1 Å². The van der Waals surface area contributed by atoms with E-state index in [0.29, 0.717) is 19.4 Å². The van der Waals surface area contributed by atoms with Gasteiger partial charge < -0.3 is 20.3 Å². The van der Waals surface area contributed by atoms with Gasteiger partial charge >= 0.3 is 5.97 Å². The van der Waals surface area contributed by atoms with Crippen molar-refractivity contribution in [1.29, 1.82) is 0 Å². The lowest BCUT2D eigenvalue weighted by Crippen LogP contribution is -2.45. The summed E-state index contributed by atoms with van der Waals surface area (Å²) in [4.78, 5) is 24.6. The standard InChI is InChI=1S/C84H159NO5/c1-3-5-7-9-11-13-15-17-19-20-21-22-36-39-42-45-49-52-56-60-64-68-72-76-82(87)81(80-86)85-83(88)77-73-69-65-61-57-53-50-46-43-40-37-34-32-30-28-26-24-23-25-27-29-31-33-35-38-41-44-47-51-55-59-63-67-71-75-79-90-84(89)78-74-70-66-62-58-54-48-18-16-14-12-10-8-6-4-2/h18,25,27,31,33,48,72,76,81-82,86-87H,3-17,19-24,26,28-30,32,34-47,49-71,73-75,77-80H2,1-2H3,(H,85,88)/b27-25-,33-31-,48-18-,76-72+. The highest BCUT2D eigenvalue weighted by atomic mass is 16.5. The second kappa shape index (κ2) is 79.3. The number of hydrogen-bond donors (Lipinski definition) is 3. The Morgan fingerprint density at radius 1 is 0.311 bits per heavy atom. The third-order valence-corrected chi connectivity index (χ3v) is 19.1. The molecule has 0 bridgehead atoms. The van der Waals surface area contributed by atoms with Crippen molar-refractivity contribution in [2.75, 3.05) is 13.2 Å². The van der Waals surface area contributed by atoms with Crippen LogP contribution in [0.25, 0.3) is 0 Å². The number of ether oxygens (including phenoxy) is 1. The minimum absolute atomic E-state index is 0.00915. The van der Waals surface area contributed by atoms with E-state index in [1.807, 2.05) is 6.08 Å². The topological polar surface area (TPSA) is 95.9 Å². The zero-order valence-corrected chi connectivity index (χ0v) is 60.9. The normalized spacial score (nSPS) is 12.7. The Labute approximate surface area is 563 Å². The number of unbranched alkanes of at least 4 members (excludes halogenated alkanes) is 60. The van der Waals surface area contributed by atoms with E-state index in [4.69, 9.17) is 4.74 Å². The van der Waals surface area contributed by atoms with Crippen LogP contribution >= 0.6 is 0 Å². The van der Waals surface area contributed by atoms with Crippen molar-refractivity contribution in [3.8, 4) is 0 Å². The van der Waals surface area contributed by atoms with Crippen molar-refractivity contribution in [1.82, 2.24) is 5.32 Å². The Morgan fingerprint density at radius 3 is 0.856 bits per heavy atom. The molecule has 2 atom stereocenters. The maximum atomic E-state index is 12.6. The van der Waals surface area contributed by atoms with Crippen molar-refractivity contribution < 1.29 is 24.5 Å². The fraction of sp³-hybridized carbons (Fsp3) is 0.881. The fourth-order valence-corrected chi connectivity index (χ4v) is 12.8. The van der Waals surface area contributed by atoms with Crippen LogP contribution in [0.1, 0.15) is 450 Å². The summed E-state index contributed by atoms with van der Waals surface area (Å²) < 4.78 is 5.49. The second-order valence-corrected chi connectivity index (χ2v) is 28.1. The molecule has 3 N–H and O–H groups in total. The minimum atomic E-state index is -0.845. The highest BCUT2D eigenvalue weighted by molar-refractivity contribution is 5.76. The summed E-state index contributed by atoms with van der Waals surface area (Å²) in [5.41, 5.74) is 0. The molecule has 0 rings (SSSR count). The van der Waals surface area contributed by atoms with Gasteiger partial charge in [0, 0.05) is 12.8 Å². The number of carbonyl (C=O) groups is 2. The number of aliphatic hydroxyl groups excluding tert-OH is 2. The molecule has 0 saturated carbocycles. The van der Waals surface area contributed by atoms with Crippen LogP contribution in [0.5, 0.6) is 0 Å². The first-order valence-electron chi connectivity index (χ1n) is 40.9. The first kappa shape index (κ1) is 87.8. The molecule has 6 heteroatoms. The summed E-state index contributed by atoms with van der Waals surface area (Å²) in [6.45, 7) is 4.94. The van der Waals surface area contributed by atoms with Crippen LogP contribution in [0.4, 0.5) is 0 Å². The molecule has 0 aromatic carbocycles. The van der Waals surface area contributed by atoms with E-state index >= 15 is 0 Å². The van der Waals surface area contributed by atoms with Crippen LogP contribution in [-0.4, -0.2) is 47.4 Å². The largest absolute Gasteiger partial charge is 0.466 e. The SMILES string of the molecule is CCCCCCCC/C=C\CCCCCCCC(=O)OCCCCCCCCCCCCC/C=C\C/C=C\CCCCCCCCCCCCCCCCCCCC(=O)NC(CO)C(O)/C=C/CCCCCCCCCCCCCCCCCCCCCCC. The number of amides is 1. The Balaban J connectivity index is 3.40. The Bertz CT molecular complexity index is 1500. The number of allylic oxidation sites excluding steroid dienone is 7. The third kappa shape index (κ3) is 74.9. The molecular weight excluding hydrogens is 1100 g/mol. The zero-order chi connectivity index (χ0) is 64.9. The molecule has 530 valence electrons. The molecule has 0 aromatic heterocycles. The Morgan fingerprint density at radius 2 is 0.556 bits per heavy atom. The molecule has 90 heavy (non-hydrogen) atoms. The average molecular weight is 1260 g/mol. The van der Waals surface area contributed by atoms with E-state index in [2.05, 4.69) is 55.6 Å². The highest BCUT2D eigenvalue weighted by Gasteiger charge is 2.18. The molecule has 0 fully saturated rings. The molecule has 0 aliphatic rings. The lowest BCUT2D eigenvalue weighted by atomic mass is 10.0. The van der Waals surface area contributed by atoms with Gasteiger partial charge in [0.1, 0.15) is 0 Å². The van der Waals surface area contributed by atoms with Gasteiger partial charge in [-0.15, -0.1) is 0 Å². The number of rotatable bonds is 77. The van der Waals surface area contributed by atoms with Crippen LogP contribution in [0.3, 0.4) is 0 Å². The van der Waals surface area contributed by atoms with Gasteiger partial charge in [0.15, 0.2) is 0 Å². The van der Waals surface area contributed by atoms with Gasteiger partial charge in [0.25, 0.3) is 0 Å². The van der Waals surface area contributed by atoms with Gasteiger partial charge in [-0.05, 0) is 89.9 Å². The van der Waals surface area contributed by atoms with E-state index in [1.165, 1.54) is 372 Å². The maximum absolute atomic E-state index is 12.6. The summed E-state index contributed by atoms with van der Waals surface area (Å²) in [6.07, 6.45) is 105. The molecule has 0 aromatic rings. The van der Waals surface area contributed by atoms with Crippen molar-refractivity contribution >= 4 is 11.9 Å². The van der Waals surface area contributed by atoms with Gasteiger partial charge in [-0.3, -0.25) is 9.59 Å². The number of aliphatic hydroxyl groups is 2. The van der Waals surface area contributed by atoms with Crippen LogP contribution in [-0.2, 0) is 14.3 Å². The summed E-state index contributed by atoms with van der Waals surface area (Å²) in [5.74, 6) is -0.0519. The molecule has 2 unspecified atom stereocenters. The molecule has 0 heterocycles. The smallest absolute Gasteiger partial charge is 0.305 e. The van der Waals surface area contributed by atoms with Crippen LogP contribution < -0.4 is 5.32 Å². The number of carbonyl (C=O) groups excluding carboxylic acids is 2. The molecule has 1 amide bonds. The monoisotopic (exact) mass is 1260 g/mol. The van der Waals surface area contributed by atoms with Gasteiger partial charge in [0.05, 0.1) is 25.4 Å². The number of nitrogens with one attached hydrogen (secondary N) is 1.